The van der Waals surface area contributed by atoms with Gasteiger partial charge in [0.2, 0.25) is 43.7 Å². The molecule has 3 amide bonds. The Balaban J connectivity index is 0.000000204. The maximum atomic E-state index is 12.5. The number of fused-ring (bicyclic) bond motifs is 2. The molecule has 0 bridgehead atoms. The van der Waals surface area contributed by atoms with E-state index < -0.39 is 50.8 Å². The molecule has 9 aliphatic heterocycles. The van der Waals surface area contributed by atoms with Gasteiger partial charge < -0.3 is 77.7 Å². The molecule has 10 fully saturated rings. The van der Waals surface area contributed by atoms with E-state index in [4.69, 9.17) is 63.0 Å². The Morgan fingerprint density at radius 2 is 0.895 bits per heavy atom. The first-order chi connectivity index (χ1) is 61.4. The molecule has 1 saturated carbocycles. The van der Waals surface area contributed by atoms with Crippen molar-refractivity contribution in [1.82, 2.24) is 59.7 Å². The van der Waals surface area contributed by atoms with Gasteiger partial charge in [0.15, 0.2) is 0 Å². The van der Waals surface area contributed by atoms with E-state index in [9.17, 15) is 53.0 Å². The van der Waals surface area contributed by atoms with Crippen LogP contribution in [0.4, 0.5) is 59.5 Å². The largest absolute Gasteiger partial charge is 1.00 e. The van der Waals surface area contributed by atoms with E-state index in [1.165, 1.54) is 113 Å². The van der Waals surface area contributed by atoms with E-state index in [1.54, 1.807) is 52.1 Å². The molecule has 0 aromatic carbocycles. The van der Waals surface area contributed by atoms with E-state index in [0.717, 1.165) is 143 Å². The number of rotatable bonds is 16. The first-order valence-electron chi connectivity index (χ1n) is 44.8. The summed E-state index contributed by atoms with van der Waals surface area (Å²) < 4.78 is 146. The average molecular weight is 2000 g/mol. The third-order valence-electron chi connectivity index (χ3n) is 25.0. The number of anilines is 4. The van der Waals surface area contributed by atoms with E-state index in [1.807, 2.05) is 77.0 Å². The Morgan fingerprint density at radius 3 is 1.19 bits per heavy atom. The van der Waals surface area contributed by atoms with Crippen LogP contribution in [-0.4, -0.2) is 314 Å². The van der Waals surface area contributed by atoms with Gasteiger partial charge in [-0.05, 0) is 165 Å². The number of carbonyl (C=O) groups excluding carboxylic acids is 3. The molecule has 5 N–H and O–H groups in total. The van der Waals surface area contributed by atoms with Crippen molar-refractivity contribution in [2.75, 3.05) is 203 Å². The molecule has 4 spiro atoms. The molecule has 9 saturated heterocycles. The number of amides is 3. The van der Waals surface area contributed by atoms with Gasteiger partial charge in [-0.2, -0.15) is 13.2 Å². The van der Waals surface area contributed by atoms with Gasteiger partial charge >= 0.3 is 89.1 Å². The number of alkyl halides is 4. The van der Waals surface area contributed by atoms with Crippen molar-refractivity contribution in [3.8, 4) is 34.3 Å². The summed E-state index contributed by atoms with van der Waals surface area (Å²) in [5, 5.41) is 10.6. The number of aryl methyl sites for hydroxylation is 2. The van der Waals surface area contributed by atoms with Crippen molar-refractivity contribution in [3.05, 3.63) is 45.4 Å². The number of halogens is 7. The van der Waals surface area contributed by atoms with Crippen LogP contribution in [0.25, 0.3) is 42.9 Å². The molecule has 1 aliphatic carbocycles. The van der Waals surface area contributed by atoms with Crippen molar-refractivity contribution in [2.24, 2.45) is 21.7 Å². The monoisotopic (exact) mass is 2000 g/mol. The van der Waals surface area contributed by atoms with Gasteiger partial charge in [-0.25, -0.2) is 65.9 Å². The minimum atomic E-state index is -5.08. The number of thiophene rings is 2. The number of likely N-dealkylation sites (tertiary alicyclic amines) is 6. The number of hydrogen-bond donors (Lipinski definition) is 5. The van der Waals surface area contributed by atoms with Crippen LogP contribution in [-0.2, 0) is 61.6 Å². The molecule has 6 aromatic heterocycles. The predicted molar refractivity (Wildman–Crippen MR) is 498 cm³/mol. The number of quaternary nitrogens is 1. The first-order valence-corrected chi connectivity index (χ1v) is 50.7. The SMILES string of the molecule is CC(C)(C)OC(=O)N1CC2(CCCCC2)C1.CC[NH+]1CCC2(CC1)CN(C(=O)OC(C)(C)C)C2.COc1ncc(-c2nc(N3CCOCC3)nc3c(CN4CCC5(CC4)CN(C(=O)OC(C)(C)C)C5)c(C)sc23)cc1NS(C)(=O)=O.COc1ncc(-c2nc(N3CCOCC3)nc3c(CN4CCC5(CC4)CNC5)c(C)sc23)cc1NS(C)(=O)=O.FB(F)CCl.O=C(O)C(F)(F)F.[F-].[K+]. The van der Waals surface area contributed by atoms with Crippen molar-refractivity contribution in [3.63, 3.8) is 0 Å². The molecule has 736 valence electrons. The molecule has 0 unspecified atom stereocenters. The number of pyridine rings is 2. The number of piperidine rings is 3. The van der Waals surface area contributed by atoms with Crippen LogP contribution in [0.3, 0.4) is 0 Å². The summed E-state index contributed by atoms with van der Waals surface area (Å²) in [5.41, 5.74) is 7.91. The fourth-order valence-corrected chi connectivity index (χ4v) is 21.2. The number of methoxy groups -OCH3 is 2. The normalized spacial score (nSPS) is 19.4. The summed E-state index contributed by atoms with van der Waals surface area (Å²) in [6.07, 6.45) is 13.6. The summed E-state index contributed by atoms with van der Waals surface area (Å²) in [6, 6.07) is 3.46. The summed E-state index contributed by atoms with van der Waals surface area (Å²) in [7, 11) is -6.53. The number of hydrogen-bond acceptors (Lipinski definition) is 28. The summed E-state index contributed by atoms with van der Waals surface area (Å²) in [4.78, 5) is 93.1. The second-order valence-electron chi connectivity index (χ2n) is 39.1. The first kappa shape index (κ1) is 110. The Bertz CT molecular complexity index is 5160. The molecule has 33 nitrogen and oxygen atoms in total. The number of nitrogens with one attached hydrogen (secondary N) is 4. The fourth-order valence-electron chi connectivity index (χ4n) is 17.9. The maximum Gasteiger partial charge on any atom is 1.00 e. The fraction of sp³-hybridized carbons (Fsp3) is 0.701. The Labute approximate surface area is 832 Å². The molecule has 15 heterocycles. The quantitative estimate of drug-likeness (QED) is 0.0298. The molecule has 16 rings (SSSR count). The van der Waals surface area contributed by atoms with Gasteiger partial charge in [-0.1, -0.05) is 19.3 Å². The number of nitrogens with zero attached hydrogens (tertiary/aromatic N) is 13. The topological polar surface area (TPSA) is 362 Å². The van der Waals surface area contributed by atoms with Crippen molar-refractivity contribution in [1.29, 1.82) is 0 Å². The molecule has 6 aromatic rings. The van der Waals surface area contributed by atoms with E-state index in [2.05, 4.69) is 76.7 Å². The number of ether oxygens (including phenoxy) is 7. The Kier molecular flexibility index (Phi) is 38.3. The van der Waals surface area contributed by atoms with Crippen LogP contribution >= 0.6 is 34.3 Å². The van der Waals surface area contributed by atoms with Gasteiger partial charge in [0.05, 0.1) is 110 Å². The number of morpholine rings is 2. The average Bonchev–Trinajstić information content (AvgIpc) is 1.58. The molecular formula is C87H131BClF6KN17O16S4+. The van der Waals surface area contributed by atoms with E-state index in [-0.39, 0.29) is 114 Å². The molecule has 10 aliphatic rings. The van der Waals surface area contributed by atoms with Gasteiger partial charge in [0.25, 0.3) is 0 Å². The molecule has 46 heteroatoms. The number of sulfonamides is 2. The smallest absolute Gasteiger partial charge is 1.00 e. The predicted octanol–water partition coefficient (Wildman–Crippen LogP) is 6.52. The second-order valence-corrected chi connectivity index (χ2v) is 45.3. The number of carboxylic acids is 1. The Morgan fingerprint density at radius 1 is 0.564 bits per heavy atom. The van der Waals surface area contributed by atoms with Crippen LogP contribution in [0.15, 0.2) is 24.5 Å². The third-order valence-corrected chi connectivity index (χ3v) is 28.7. The molecule has 133 heavy (non-hydrogen) atoms. The standard InChI is InChI=1S/C31H43N7O6S2.C26H35N7O4S2.C14H26N2O2.C13H23NO2.C2HF3O2.CH2BClF2.FH.K/c1-20-22(17-36-9-7-31(8-10-36)18-38(19-31)29(39)44-30(2,3)4)25-26(45-20)24(33-28(34-25)37-11-13-43-14-12-37)21-15-23(35-46(6,40)41)27(42-5)32-16-21;1-17-19(14-32-6-4-26(5-7-32)15-27-16-26)22-23(38-17)21(29-25(30-22)33-8-10-37-11-9-33)18-12-20(31-39(3,34)35)24(36-2)28-13-18;1-5-15-8-6-14(7-9-15)10-16(11-14)12(17)18-13(2,3)4;1-12(2,3)16-11(15)14-9-13(10-14)7-5-4-6-8-13;3-2(4,5)1(6)7;3-1-2(4)5;;/h15-16,35H,7-14,17-19H2,1-6H3;12-13,27,31H,4-11,14-16H2,1-3H3;5-11H2,1-4H3;4-10H2,1-3H3;(H,6,7);1H2;1H;/q;;;;;;;+1. The van der Waals surface area contributed by atoms with Crippen molar-refractivity contribution in [2.45, 2.75) is 190 Å². The van der Waals surface area contributed by atoms with E-state index >= 15 is 0 Å². The zero-order valence-electron chi connectivity index (χ0n) is 79.7. The summed E-state index contributed by atoms with van der Waals surface area (Å²) in [6.45, 7) is 45.9. The number of carbonyl (C=O) groups is 4. The zero-order valence-corrected chi connectivity index (χ0v) is 86.9. The van der Waals surface area contributed by atoms with Crippen molar-refractivity contribution >= 4 is 130 Å². The molecular weight excluding hydrogens is 1870 g/mol. The number of aliphatic carboxylic acids is 1. The van der Waals surface area contributed by atoms with Gasteiger partial charge in [0.1, 0.15) is 28.2 Å². The Hall–Kier alpha value is -6.31. The van der Waals surface area contributed by atoms with Crippen LogP contribution in [0.5, 0.6) is 11.8 Å². The van der Waals surface area contributed by atoms with Gasteiger partial charge in [0, 0.05) is 165 Å². The van der Waals surface area contributed by atoms with Crippen molar-refractivity contribution < 1.29 is 157 Å². The zero-order chi connectivity index (χ0) is 95.6. The number of carboxylic acid groups (broad SMARTS) is 1. The van der Waals surface area contributed by atoms with Gasteiger partial charge in [-0.3, -0.25) is 27.9 Å². The number of aromatic nitrogens is 6. The second kappa shape index (κ2) is 46.2. The van der Waals surface area contributed by atoms with Gasteiger partial charge in [-0.15, -0.1) is 34.3 Å². The minimum Gasteiger partial charge on any atom is -1.00 e. The van der Waals surface area contributed by atoms with Crippen LogP contribution in [0.2, 0.25) is 0 Å². The van der Waals surface area contributed by atoms with Crippen LogP contribution in [0.1, 0.15) is 161 Å². The third kappa shape index (κ3) is 30.6. The maximum absolute atomic E-state index is 12.5. The van der Waals surface area contributed by atoms with E-state index in [0.29, 0.717) is 97.6 Å². The van der Waals surface area contributed by atoms with Crippen LogP contribution in [0, 0.1) is 35.5 Å². The molecule has 0 atom stereocenters. The minimum absolute atomic E-state index is 0. The summed E-state index contributed by atoms with van der Waals surface area (Å²) >= 11 is 7.92. The molecule has 0 radical (unpaired) electrons. The summed E-state index contributed by atoms with van der Waals surface area (Å²) in [5.74, 6) is -1.65. The van der Waals surface area contributed by atoms with Crippen LogP contribution < -0.4 is 95.0 Å².